The van der Waals surface area contributed by atoms with Gasteiger partial charge in [0.2, 0.25) is 0 Å². The number of aryl methyl sites for hydroxylation is 1. The lowest BCUT2D eigenvalue weighted by Crippen LogP contribution is -1.88. The van der Waals surface area contributed by atoms with Crippen molar-refractivity contribution >= 4 is 21.5 Å². The first kappa shape index (κ1) is 15.8. The first-order valence-corrected chi connectivity index (χ1v) is 9.23. The number of fused-ring (bicyclic) bond motifs is 3. The molecule has 0 spiro atoms. The summed E-state index contributed by atoms with van der Waals surface area (Å²) in [6.45, 7) is 2.13. The summed E-state index contributed by atoms with van der Waals surface area (Å²) < 4.78 is 0. The third-order valence-corrected chi connectivity index (χ3v) is 5.18. The van der Waals surface area contributed by atoms with Crippen LogP contribution in [0.25, 0.3) is 43.9 Å². The van der Waals surface area contributed by atoms with E-state index >= 15 is 0 Å². The highest BCUT2D eigenvalue weighted by Crippen LogP contribution is 2.33. The zero-order valence-electron chi connectivity index (χ0n) is 15.2. The molecule has 27 heavy (non-hydrogen) atoms. The van der Waals surface area contributed by atoms with Gasteiger partial charge in [-0.25, -0.2) is 0 Å². The summed E-state index contributed by atoms with van der Waals surface area (Å²) in [5, 5.41) is 5.01. The third-order valence-electron chi connectivity index (χ3n) is 5.18. The SMILES string of the molecule is Cc1ccc2c(ccc3c(-c4ccc(-c5ccccc5)cc4)nccc32)c1. The van der Waals surface area contributed by atoms with Crippen molar-refractivity contribution in [3.8, 4) is 22.4 Å². The second kappa shape index (κ2) is 6.37. The number of hydrogen-bond acceptors (Lipinski definition) is 1. The van der Waals surface area contributed by atoms with Crippen LogP contribution in [0.4, 0.5) is 0 Å². The number of hydrogen-bond donors (Lipinski definition) is 0. The molecular weight excluding hydrogens is 326 g/mol. The van der Waals surface area contributed by atoms with Crippen LogP contribution in [-0.2, 0) is 0 Å². The molecule has 1 aromatic heterocycles. The van der Waals surface area contributed by atoms with Crippen molar-refractivity contribution in [1.82, 2.24) is 4.98 Å². The normalized spacial score (nSPS) is 11.1. The molecule has 0 aliphatic carbocycles. The molecule has 1 heterocycles. The second-order valence-corrected chi connectivity index (χ2v) is 6.99. The molecule has 0 radical (unpaired) electrons. The zero-order valence-corrected chi connectivity index (χ0v) is 15.2. The van der Waals surface area contributed by atoms with Gasteiger partial charge in [-0.2, -0.15) is 0 Å². The Kier molecular flexibility index (Phi) is 3.72. The maximum Gasteiger partial charge on any atom is 0.0780 e. The minimum atomic E-state index is 1.04. The van der Waals surface area contributed by atoms with Gasteiger partial charge in [0.25, 0.3) is 0 Å². The second-order valence-electron chi connectivity index (χ2n) is 6.99. The molecule has 128 valence electrons. The average molecular weight is 345 g/mol. The molecule has 0 saturated heterocycles. The Labute approximate surface area is 158 Å². The summed E-state index contributed by atoms with van der Waals surface area (Å²) in [6, 6.07) is 32.3. The first-order valence-electron chi connectivity index (χ1n) is 9.23. The highest BCUT2D eigenvalue weighted by atomic mass is 14.7. The third kappa shape index (κ3) is 2.78. The van der Waals surface area contributed by atoms with E-state index in [0.29, 0.717) is 0 Å². The van der Waals surface area contributed by atoms with Gasteiger partial charge >= 0.3 is 0 Å². The van der Waals surface area contributed by atoms with Crippen molar-refractivity contribution in [3.05, 3.63) is 103 Å². The van der Waals surface area contributed by atoms with Crippen LogP contribution < -0.4 is 0 Å². The van der Waals surface area contributed by atoms with Gasteiger partial charge in [0.1, 0.15) is 0 Å². The minimum Gasteiger partial charge on any atom is -0.256 e. The summed E-state index contributed by atoms with van der Waals surface area (Å²) in [5.41, 5.74) is 5.92. The zero-order chi connectivity index (χ0) is 18.2. The Morgan fingerprint density at radius 2 is 1.26 bits per heavy atom. The summed E-state index contributed by atoms with van der Waals surface area (Å²) >= 11 is 0. The molecule has 0 amide bonds. The summed E-state index contributed by atoms with van der Waals surface area (Å²) in [6.07, 6.45) is 1.92. The Balaban J connectivity index is 1.66. The van der Waals surface area contributed by atoms with E-state index in [-0.39, 0.29) is 0 Å². The van der Waals surface area contributed by atoms with E-state index < -0.39 is 0 Å². The lowest BCUT2D eigenvalue weighted by atomic mass is 9.97. The van der Waals surface area contributed by atoms with Gasteiger partial charge < -0.3 is 0 Å². The van der Waals surface area contributed by atoms with Crippen LogP contribution in [0.1, 0.15) is 5.56 Å². The quantitative estimate of drug-likeness (QED) is 0.313. The number of pyridine rings is 1. The molecule has 0 fully saturated rings. The molecular formula is C26H19N. The van der Waals surface area contributed by atoms with Gasteiger partial charge in [-0.1, -0.05) is 90.5 Å². The van der Waals surface area contributed by atoms with Crippen LogP contribution >= 0.6 is 0 Å². The van der Waals surface area contributed by atoms with Gasteiger partial charge in [0.15, 0.2) is 0 Å². The Morgan fingerprint density at radius 3 is 2.07 bits per heavy atom. The largest absolute Gasteiger partial charge is 0.256 e. The molecule has 0 aliphatic heterocycles. The summed E-state index contributed by atoms with van der Waals surface area (Å²) in [7, 11) is 0. The van der Waals surface area contributed by atoms with Crippen LogP contribution in [0, 0.1) is 6.92 Å². The predicted molar refractivity (Wildman–Crippen MR) is 115 cm³/mol. The summed E-state index contributed by atoms with van der Waals surface area (Å²) in [4.78, 5) is 4.70. The molecule has 0 saturated carbocycles. The maximum atomic E-state index is 4.70. The van der Waals surface area contributed by atoms with Crippen molar-refractivity contribution in [2.24, 2.45) is 0 Å². The molecule has 0 unspecified atom stereocenters. The Bertz CT molecular complexity index is 1250. The van der Waals surface area contributed by atoms with Crippen molar-refractivity contribution in [2.45, 2.75) is 6.92 Å². The van der Waals surface area contributed by atoms with E-state index in [0.717, 1.165) is 11.3 Å². The smallest absolute Gasteiger partial charge is 0.0780 e. The molecule has 1 heteroatoms. The van der Waals surface area contributed by atoms with E-state index in [2.05, 4.69) is 91.9 Å². The molecule has 4 aromatic carbocycles. The fourth-order valence-corrected chi connectivity index (χ4v) is 3.80. The minimum absolute atomic E-state index is 1.04. The summed E-state index contributed by atoms with van der Waals surface area (Å²) in [5.74, 6) is 0. The van der Waals surface area contributed by atoms with E-state index in [4.69, 9.17) is 4.98 Å². The fourth-order valence-electron chi connectivity index (χ4n) is 3.80. The van der Waals surface area contributed by atoms with Gasteiger partial charge in [-0.3, -0.25) is 4.98 Å². The van der Waals surface area contributed by atoms with Crippen LogP contribution in [0.3, 0.4) is 0 Å². The number of benzene rings is 4. The first-order chi connectivity index (χ1) is 13.3. The number of aromatic nitrogens is 1. The fraction of sp³-hybridized carbons (Fsp3) is 0.0385. The molecule has 0 aliphatic rings. The molecule has 5 rings (SSSR count). The van der Waals surface area contributed by atoms with Gasteiger partial charge in [0.05, 0.1) is 5.69 Å². The molecule has 0 bridgehead atoms. The van der Waals surface area contributed by atoms with Crippen molar-refractivity contribution in [3.63, 3.8) is 0 Å². The van der Waals surface area contributed by atoms with E-state index in [1.54, 1.807) is 0 Å². The molecule has 0 N–H and O–H groups in total. The predicted octanol–water partition coefficient (Wildman–Crippen LogP) is 7.03. The van der Waals surface area contributed by atoms with E-state index in [9.17, 15) is 0 Å². The molecule has 0 atom stereocenters. The standard InChI is InChI=1S/C26H19N/c1-18-7-13-23-22(17-18)12-14-25-24(23)15-16-27-26(25)21-10-8-20(9-11-21)19-5-3-2-4-6-19/h2-17H,1H3. The van der Waals surface area contributed by atoms with Crippen molar-refractivity contribution in [1.29, 1.82) is 0 Å². The number of rotatable bonds is 2. The average Bonchev–Trinajstić information content (AvgIpc) is 2.73. The van der Waals surface area contributed by atoms with E-state index in [1.807, 2.05) is 12.3 Å². The van der Waals surface area contributed by atoms with Crippen LogP contribution in [0.15, 0.2) is 97.2 Å². The Hall–Kier alpha value is -3.45. The van der Waals surface area contributed by atoms with Gasteiger partial charge in [0, 0.05) is 17.1 Å². The maximum absolute atomic E-state index is 4.70. The highest BCUT2D eigenvalue weighted by Gasteiger charge is 2.08. The van der Waals surface area contributed by atoms with Crippen LogP contribution in [0.2, 0.25) is 0 Å². The highest BCUT2D eigenvalue weighted by molar-refractivity contribution is 6.11. The topological polar surface area (TPSA) is 12.9 Å². The molecule has 1 nitrogen and oxygen atoms in total. The lowest BCUT2D eigenvalue weighted by Gasteiger charge is -2.10. The number of nitrogens with zero attached hydrogens (tertiary/aromatic N) is 1. The van der Waals surface area contributed by atoms with Gasteiger partial charge in [-0.15, -0.1) is 0 Å². The van der Waals surface area contributed by atoms with Crippen molar-refractivity contribution < 1.29 is 0 Å². The van der Waals surface area contributed by atoms with E-state index in [1.165, 1.54) is 38.2 Å². The van der Waals surface area contributed by atoms with Crippen LogP contribution in [-0.4, -0.2) is 4.98 Å². The molecule has 5 aromatic rings. The monoisotopic (exact) mass is 345 g/mol. The Morgan fingerprint density at radius 1 is 0.556 bits per heavy atom. The van der Waals surface area contributed by atoms with Crippen LogP contribution in [0.5, 0.6) is 0 Å². The lowest BCUT2D eigenvalue weighted by molar-refractivity contribution is 1.36. The van der Waals surface area contributed by atoms with Crippen molar-refractivity contribution in [2.75, 3.05) is 0 Å². The van der Waals surface area contributed by atoms with Gasteiger partial charge in [-0.05, 0) is 40.3 Å².